The molecular formula is C20H19N3O3S. The van der Waals surface area contributed by atoms with E-state index in [1.165, 1.54) is 18.3 Å². The first kappa shape index (κ1) is 18.6. The summed E-state index contributed by atoms with van der Waals surface area (Å²) >= 11 is 0. The zero-order valence-electron chi connectivity index (χ0n) is 14.9. The molecule has 0 aliphatic carbocycles. The summed E-state index contributed by atoms with van der Waals surface area (Å²) in [5.74, 6) is -0.316. The second-order valence-corrected chi connectivity index (χ2v) is 7.77. The van der Waals surface area contributed by atoms with Crippen molar-refractivity contribution in [3.05, 3.63) is 83.7 Å². The van der Waals surface area contributed by atoms with Crippen LogP contribution in [-0.4, -0.2) is 19.3 Å². The first-order chi connectivity index (χ1) is 12.8. The van der Waals surface area contributed by atoms with E-state index in [-0.39, 0.29) is 10.8 Å². The Morgan fingerprint density at radius 3 is 2.37 bits per heavy atom. The number of benzene rings is 2. The van der Waals surface area contributed by atoms with Gasteiger partial charge in [-0.25, -0.2) is 8.42 Å². The lowest BCUT2D eigenvalue weighted by molar-refractivity contribution is 0.102. The van der Waals surface area contributed by atoms with Gasteiger partial charge in [0.05, 0.1) is 16.1 Å². The fourth-order valence-electron chi connectivity index (χ4n) is 2.42. The van der Waals surface area contributed by atoms with E-state index < -0.39 is 10.0 Å². The predicted molar refractivity (Wildman–Crippen MR) is 105 cm³/mol. The lowest BCUT2D eigenvalue weighted by Gasteiger charge is -2.13. The summed E-state index contributed by atoms with van der Waals surface area (Å²) in [6.07, 6.45) is 1.50. The Balaban J connectivity index is 1.82. The fraction of sp³-hybridized carbons (Fsp3) is 0.100. The van der Waals surface area contributed by atoms with Gasteiger partial charge in [-0.05, 0) is 55.8 Å². The molecule has 7 heteroatoms. The summed E-state index contributed by atoms with van der Waals surface area (Å²) in [4.78, 5) is 16.6. The number of aromatic nitrogens is 1. The molecule has 1 amide bonds. The molecule has 27 heavy (non-hydrogen) atoms. The van der Waals surface area contributed by atoms with Gasteiger partial charge in [-0.2, -0.15) is 0 Å². The molecule has 0 unspecified atom stereocenters. The lowest BCUT2D eigenvalue weighted by Crippen LogP contribution is -2.15. The molecule has 3 aromatic rings. The minimum Gasteiger partial charge on any atom is -0.322 e. The monoisotopic (exact) mass is 381 g/mol. The third kappa shape index (κ3) is 4.51. The van der Waals surface area contributed by atoms with Crippen molar-refractivity contribution in [2.75, 3.05) is 10.0 Å². The number of aryl methyl sites for hydroxylation is 2. The number of rotatable bonds is 5. The van der Waals surface area contributed by atoms with Crippen LogP contribution in [0.5, 0.6) is 0 Å². The van der Waals surface area contributed by atoms with Gasteiger partial charge in [0.2, 0.25) is 0 Å². The lowest BCUT2D eigenvalue weighted by atomic mass is 10.2. The average Bonchev–Trinajstić information content (AvgIpc) is 2.65. The molecule has 0 bridgehead atoms. The van der Waals surface area contributed by atoms with Crippen molar-refractivity contribution in [1.82, 2.24) is 4.98 Å². The molecule has 2 aromatic carbocycles. The van der Waals surface area contributed by atoms with Gasteiger partial charge in [-0.3, -0.25) is 14.5 Å². The molecule has 138 valence electrons. The van der Waals surface area contributed by atoms with E-state index in [0.717, 1.165) is 11.3 Å². The molecule has 0 fully saturated rings. The van der Waals surface area contributed by atoms with E-state index in [4.69, 9.17) is 0 Å². The molecule has 0 saturated heterocycles. The number of anilines is 2. The summed E-state index contributed by atoms with van der Waals surface area (Å²) in [5.41, 5.74) is 2.87. The molecule has 0 aliphatic heterocycles. The molecule has 0 spiro atoms. The van der Waals surface area contributed by atoms with Gasteiger partial charge in [0, 0.05) is 17.6 Å². The van der Waals surface area contributed by atoms with Crippen LogP contribution in [0.25, 0.3) is 0 Å². The van der Waals surface area contributed by atoms with Crippen LogP contribution < -0.4 is 10.0 Å². The van der Waals surface area contributed by atoms with Gasteiger partial charge < -0.3 is 5.32 Å². The molecular weight excluding hydrogens is 362 g/mol. The Morgan fingerprint density at radius 2 is 1.70 bits per heavy atom. The summed E-state index contributed by atoms with van der Waals surface area (Å²) in [6, 6.07) is 16.6. The van der Waals surface area contributed by atoms with E-state index in [1.807, 2.05) is 6.92 Å². The Hall–Kier alpha value is -3.19. The maximum Gasteiger partial charge on any atom is 0.261 e. The zero-order chi connectivity index (χ0) is 19.4. The third-order valence-electron chi connectivity index (χ3n) is 3.97. The number of nitrogens with zero attached hydrogens (tertiary/aromatic N) is 1. The number of nitrogens with one attached hydrogen (secondary N) is 2. The summed E-state index contributed by atoms with van der Waals surface area (Å²) in [6.45, 7) is 3.63. The van der Waals surface area contributed by atoms with Crippen molar-refractivity contribution in [3.63, 3.8) is 0 Å². The molecule has 0 aliphatic rings. The highest BCUT2D eigenvalue weighted by molar-refractivity contribution is 7.92. The Bertz CT molecular complexity index is 1060. The average molecular weight is 381 g/mol. The number of hydrogen-bond acceptors (Lipinski definition) is 4. The van der Waals surface area contributed by atoms with Gasteiger partial charge in [0.1, 0.15) is 0 Å². The molecule has 1 heterocycles. The molecule has 1 aromatic heterocycles. The Morgan fingerprint density at radius 1 is 0.963 bits per heavy atom. The van der Waals surface area contributed by atoms with Crippen molar-refractivity contribution >= 4 is 27.3 Å². The first-order valence-corrected chi connectivity index (χ1v) is 9.76. The van der Waals surface area contributed by atoms with Gasteiger partial charge in [-0.1, -0.05) is 24.3 Å². The van der Waals surface area contributed by atoms with Gasteiger partial charge >= 0.3 is 0 Å². The number of pyridine rings is 1. The van der Waals surface area contributed by atoms with Gasteiger partial charge in [-0.15, -0.1) is 0 Å². The smallest absolute Gasteiger partial charge is 0.261 e. The summed E-state index contributed by atoms with van der Waals surface area (Å²) in [5, 5.41) is 2.76. The van der Waals surface area contributed by atoms with Gasteiger partial charge in [0.15, 0.2) is 0 Å². The Kier molecular flexibility index (Phi) is 5.23. The fourth-order valence-corrected chi connectivity index (χ4v) is 3.56. The van der Waals surface area contributed by atoms with Crippen molar-refractivity contribution < 1.29 is 13.2 Å². The minimum atomic E-state index is -3.71. The highest BCUT2D eigenvalue weighted by Crippen LogP contribution is 2.24. The zero-order valence-corrected chi connectivity index (χ0v) is 15.7. The van der Waals surface area contributed by atoms with Crippen LogP contribution in [0.3, 0.4) is 0 Å². The first-order valence-electron chi connectivity index (χ1n) is 8.28. The number of carbonyl (C=O) groups excluding carboxylic acids is 1. The third-order valence-corrected chi connectivity index (χ3v) is 5.35. The second kappa shape index (κ2) is 7.59. The molecule has 0 saturated carbocycles. The molecule has 0 radical (unpaired) electrons. The van der Waals surface area contributed by atoms with Gasteiger partial charge in [0.25, 0.3) is 15.9 Å². The normalized spacial score (nSPS) is 11.0. The molecule has 3 rings (SSSR count). The minimum absolute atomic E-state index is 0.171. The SMILES string of the molecule is Cc1ccc(C(=O)Nc2ccc(C)c(NS(=O)(=O)c3ccccc3)c2)cn1. The molecule has 2 N–H and O–H groups in total. The highest BCUT2D eigenvalue weighted by Gasteiger charge is 2.15. The van der Waals surface area contributed by atoms with Crippen LogP contribution in [0.15, 0.2) is 71.8 Å². The molecule has 6 nitrogen and oxygen atoms in total. The number of carbonyl (C=O) groups is 1. The van der Waals surface area contributed by atoms with Crippen LogP contribution in [0.1, 0.15) is 21.6 Å². The highest BCUT2D eigenvalue weighted by atomic mass is 32.2. The number of hydrogen-bond donors (Lipinski definition) is 2. The van der Waals surface area contributed by atoms with Crippen molar-refractivity contribution in [2.45, 2.75) is 18.7 Å². The van der Waals surface area contributed by atoms with Crippen LogP contribution >= 0.6 is 0 Å². The van der Waals surface area contributed by atoms with Crippen molar-refractivity contribution in [2.24, 2.45) is 0 Å². The number of amides is 1. The topological polar surface area (TPSA) is 88.2 Å². The van der Waals surface area contributed by atoms with Crippen molar-refractivity contribution in [1.29, 1.82) is 0 Å². The van der Waals surface area contributed by atoms with E-state index in [0.29, 0.717) is 16.9 Å². The van der Waals surface area contributed by atoms with E-state index in [2.05, 4.69) is 15.0 Å². The van der Waals surface area contributed by atoms with E-state index in [9.17, 15) is 13.2 Å². The largest absolute Gasteiger partial charge is 0.322 e. The molecule has 0 atom stereocenters. The van der Waals surface area contributed by atoms with Crippen LogP contribution in [0, 0.1) is 13.8 Å². The van der Waals surface area contributed by atoms with Crippen LogP contribution in [0.4, 0.5) is 11.4 Å². The maximum absolute atomic E-state index is 12.5. The van der Waals surface area contributed by atoms with Crippen molar-refractivity contribution in [3.8, 4) is 0 Å². The van der Waals surface area contributed by atoms with Crippen LogP contribution in [0.2, 0.25) is 0 Å². The number of sulfonamides is 1. The van der Waals surface area contributed by atoms with E-state index in [1.54, 1.807) is 55.5 Å². The predicted octanol–water partition coefficient (Wildman–Crippen LogP) is 3.75. The quantitative estimate of drug-likeness (QED) is 0.704. The maximum atomic E-state index is 12.5. The standard InChI is InChI=1S/C20H19N3O3S/c1-14-8-11-17(22-20(24)16-10-9-15(2)21-13-16)12-19(14)23-27(25,26)18-6-4-3-5-7-18/h3-13,23H,1-2H3,(H,22,24). The van der Waals surface area contributed by atoms with E-state index >= 15 is 0 Å². The Labute approximate surface area is 158 Å². The van der Waals surface area contributed by atoms with Crippen LogP contribution in [-0.2, 0) is 10.0 Å². The summed E-state index contributed by atoms with van der Waals surface area (Å²) < 4.78 is 27.6. The second-order valence-electron chi connectivity index (χ2n) is 6.09. The summed E-state index contributed by atoms with van der Waals surface area (Å²) in [7, 11) is -3.71.